The van der Waals surface area contributed by atoms with Gasteiger partial charge < -0.3 is 9.84 Å². The smallest absolute Gasteiger partial charge is 0.311 e. The molecular weight excluding hydrogens is 192 g/mol. The highest BCUT2D eigenvalue weighted by Gasteiger charge is 2.21. The Kier molecular flexibility index (Phi) is 7.67. The molecule has 0 aromatic rings. The predicted octanol–water partition coefficient (Wildman–Crippen LogP) is 2.62. The first kappa shape index (κ1) is 16.8. The van der Waals surface area contributed by atoms with Gasteiger partial charge in [-0.25, -0.2) is 0 Å². The van der Waals surface area contributed by atoms with Crippen molar-refractivity contribution >= 4 is 5.97 Å². The van der Waals surface area contributed by atoms with Crippen LogP contribution in [0, 0.1) is 10.8 Å². The first-order valence-electron chi connectivity index (χ1n) is 5.32. The molecule has 92 valence electrons. The van der Waals surface area contributed by atoms with Crippen molar-refractivity contribution in [2.24, 2.45) is 10.8 Å². The second-order valence-electron chi connectivity index (χ2n) is 5.69. The molecule has 0 radical (unpaired) electrons. The van der Waals surface area contributed by atoms with Crippen LogP contribution < -0.4 is 0 Å². The lowest BCUT2D eigenvalue weighted by Gasteiger charge is -2.14. The van der Waals surface area contributed by atoms with Gasteiger partial charge in [-0.1, -0.05) is 20.8 Å². The minimum atomic E-state index is -0.351. The molecule has 0 unspecified atom stereocenters. The topological polar surface area (TPSA) is 46.5 Å². The number of hydrogen-bond acceptors (Lipinski definition) is 3. The third kappa shape index (κ3) is 13.4. The average molecular weight is 218 g/mol. The van der Waals surface area contributed by atoms with E-state index in [-0.39, 0.29) is 23.4 Å². The number of carbonyl (C=O) groups is 1. The summed E-state index contributed by atoms with van der Waals surface area (Å²) in [6, 6.07) is 0. The van der Waals surface area contributed by atoms with E-state index in [1.807, 2.05) is 48.5 Å². The largest absolute Gasteiger partial charge is 0.466 e. The van der Waals surface area contributed by atoms with Gasteiger partial charge in [-0.15, -0.1) is 0 Å². The van der Waals surface area contributed by atoms with E-state index in [0.717, 1.165) is 0 Å². The lowest BCUT2D eigenvalue weighted by atomic mass is 9.97. The van der Waals surface area contributed by atoms with E-state index in [2.05, 4.69) is 0 Å². The lowest BCUT2D eigenvalue weighted by Crippen LogP contribution is -2.22. The molecular formula is C12H26O3. The number of aliphatic hydroxyl groups excluding tert-OH is 1. The molecule has 15 heavy (non-hydrogen) atoms. The maximum Gasteiger partial charge on any atom is 0.311 e. The number of rotatable bonds is 1. The minimum absolute atomic E-state index is 0.0972. The van der Waals surface area contributed by atoms with Gasteiger partial charge in [0.2, 0.25) is 0 Å². The predicted molar refractivity (Wildman–Crippen MR) is 62.6 cm³/mol. The molecule has 0 heterocycles. The Bertz CT molecular complexity index is 172. The zero-order valence-electron chi connectivity index (χ0n) is 11.2. The molecule has 0 bridgehead atoms. The number of hydrogen-bond donors (Lipinski definition) is 1. The van der Waals surface area contributed by atoms with Gasteiger partial charge in [0.1, 0.15) is 0 Å². The number of carbonyl (C=O) groups excluding carboxylic acids is 1. The van der Waals surface area contributed by atoms with Crippen molar-refractivity contribution in [1.29, 1.82) is 0 Å². The molecule has 0 saturated heterocycles. The summed E-state index contributed by atoms with van der Waals surface area (Å²) >= 11 is 0. The van der Waals surface area contributed by atoms with E-state index in [4.69, 9.17) is 9.84 Å². The Hall–Kier alpha value is -0.570. The van der Waals surface area contributed by atoms with Crippen LogP contribution in [0.25, 0.3) is 0 Å². The molecule has 3 nitrogen and oxygen atoms in total. The van der Waals surface area contributed by atoms with Crippen LogP contribution in [0.2, 0.25) is 0 Å². The Morgan fingerprint density at radius 2 is 1.47 bits per heavy atom. The van der Waals surface area contributed by atoms with E-state index >= 15 is 0 Å². The monoisotopic (exact) mass is 218 g/mol. The van der Waals surface area contributed by atoms with Gasteiger partial charge in [0.25, 0.3) is 0 Å². The summed E-state index contributed by atoms with van der Waals surface area (Å²) in [5, 5.41) is 8.40. The first-order valence-corrected chi connectivity index (χ1v) is 5.32. The van der Waals surface area contributed by atoms with Gasteiger partial charge in [-0.2, -0.15) is 0 Å². The molecule has 0 aliphatic rings. The summed E-state index contributed by atoms with van der Waals surface area (Å²) in [6.07, 6.45) is 0. The van der Waals surface area contributed by atoms with Crippen LogP contribution in [0.15, 0.2) is 0 Å². The van der Waals surface area contributed by atoms with Gasteiger partial charge in [0.15, 0.2) is 0 Å². The Labute approximate surface area is 93.8 Å². The summed E-state index contributed by atoms with van der Waals surface area (Å²) in [4.78, 5) is 10.8. The minimum Gasteiger partial charge on any atom is -0.466 e. The second-order valence-corrected chi connectivity index (χ2v) is 5.69. The highest BCUT2D eigenvalue weighted by Crippen LogP contribution is 2.14. The third-order valence-electron chi connectivity index (χ3n) is 1.36. The van der Waals surface area contributed by atoms with Gasteiger partial charge in [-0.3, -0.25) is 4.79 Å². The average Bonchev–Trinajstić information content (AvgIpc) is 2.03. The number of ether oxygens (including phenoxy) is 1. The quantitative estimate of drug-likeness (QED) is 0.688. The molecule has 0 fully saturated rings. The highest BCUT2D eigenvalue weighted by molar-refractivity contribution is 5.75. The molecule has 0 spiro atoms. The fourth-order valence-electron chi connectivity index (χ4n) is 0.348. The standard InChI is InChI=1S/C7H14O2.C5H12O/c1-5-9-6(8)7(2,3)4;1-5(2,3)4-6/h5H2,1-4H3;6H,4H2,1-3H3. The van der Waals surface area contributed by atoms with Crippen molar-refractivity contribution < 1.29 is 14.6 Å². The van der Waals surface area contributed by atoms with Crippen molar-refractivity contribution in [2.45, 2.75) is 48.5 Å². The Morgan fingerprint density at radius 1 is 1.13 bits per heavy atom. The molecule has 0 aliphatic carbocycles. The molecule has 0 aliphatic heterocycles. The Balaban J connectivity index is 0. The molecule has 0 saturated carbocycles. The van der Waals surface area contributed by atoms with Gasteiger partial charge in [-0.05, 0) is 33.1 Å². The summed E-state index contributed by atoms with van der Waals surface area (Å²) in [5.41, 5.74) is -0.254. The maximum atomic E-state index is 10.8. The van der Waals surface area contributed by atoms with Crippen LogP contribution in [0.1, 0.15) is 48.5 Å². The molecule has 0 rings (SSSR count). The highest BCUT2D eigenvalue weighted by atomic mass is 16.5. The van der Waals surface area contributed by atoms with Gasteiger partial charge >= 0.3 is 5.97 Å². The molecule has 1 N–H and O–H groups in total. The zero-order valence-corrected chi connectivity index (χ0v) is 11.2. The van der Waals surface area contributed by atoms with Crippen molar-refractivity contribution in [3.8, 4) is 0 Å². The molecule has 0 aromatic heterocycles. The van der Waals surface area contributed by atoms with Crippen LogP contribution in [0.3, 0.4) is 0 Å². The normalized spacial score (nSPS) is 11.5. The van der Waals surface area contributed by atoms with E-state index in [9.17, 15) is 4.79 Å². The van der Waals surface area contributed by atoms with E-state index in [1.165, 1.54) is 0 Å². The van der Waals surface area contributed by atoms with E-state index < -0.39 is 0 Å². The molecule has 0 aromatic carbocycles. The molecule has 0 atom stereocenters. The summed E-state index contributed by atoms with van der Waals surface area (Å²) in [6.45, 7) is 14.0. The fourth-order valence-corrected chi connectivity index (χ4v) is 0.348. The van der Waals surface area contributed by atoms with Crippen molar-refractivity contribution in [3.63, 3.8) is 0 Å². The van der Waals surface area contributed by atoms with Crippen molar-refractivity contribution in [3.05, 3.63) is 0 Å². The van der Waals surface area contributed by atoms with Crippen molar-refractivity contribution in [1.82, 2.24) is 0 Å². The lowest BCUT2D eigenvalue weighted by molar-refractivity contribution is -0.152. The van der Waals surface area contributed by atoms with Crippen LogP contribution in [0.4, 0.5) is 0 Å². The molecule has 0 amide bonds. The molecule has 3 heteroatoms. The van der Waals surface area contributed by atoms with Gasteiger partial charge in [0, 0.05) is 6.61 Å². The van der Waals surface area contributed by atoms with Crippen LogP contribution in [-0.4, -0.2) is 24.3 Å². The van der Waals surface area contributed by atoms with Gasteiger partial charge in [0.05, 0.1) is 12.0 Å². The van der Waals surface area contributed by atoms with Crippen molar-refractivity contribution in [2.75, 3.05) is 13.2 Å². The SMILES string of the molecule is CC(C)(C)CO.CCOC(=O)C(C)(C)C. The maximum absolute atomic E-state index is 10.8. The van der Waals surface area contributed by atoms with Crippen LogP contribution in [0.5, 0.6) is 0 Å². The summed E-state index contributed by atoms with van der Waals surface area (Å²) in [7, 11) is 0. The summed E-state index contributed by atoms with van der Waals surface area (Å²) < 4.78 is 4.77. The number of aliphatic hydroxyl groups is 1. The third-order valence-corrected chi connectivity index (χ3v) is 1.36. The Morgan fingerprint density at radius 3 is 1.53 bits per heavy atom. The van der Waals surface area contributed by atoms with Crippen LogP contribution in [-0.2, 0) is 9.53 Å². The first-order chi connectivity index (χ1) is 6.54. The zero-order chi connectivity index (χ0) is 12.7. The fraction of sp³-hybridized carbons (Fsp3) is 0.917. The number of esters is 1. The summed E-state index contributed by atoms with van der Waals surface area (Å²) in [5.74, 6) is -0.134. The van der Waals surface area contributed by atoms with Crippen LogP contribution >= 0.6 is 0 Å². The van der Waals surface area contributed by atoms with E-state index in [1.54, 1.807) is 0 Å². The van der Waals surface area contributed by atoms with E-state index in [0.29, 0.717) is 6.61 Å². The second kappa shape index (κ2) is 6.83.